The highest BCUT2D eigenvalue weighted by molar-refractivity contribution is 5.85. The highest BCUT2D eigenvalue weighted by Crippen LogP contribution is 2.12. The van der Waals surface area contributed by atoms with Crippen LogP contribution in [0, 0.1) is 5.92 Å². The normalized spacial score (nSPS) is 20.6. The monoisotopic (exact) mass is 336 g/mol. The molecule has 7 nitrogen and oxygen atoms in total. The Labute approximate surface area is 141 Å². The van der Waals surface area contributed by atoms with E-state index < -0.39 is 0 Å². The number of nitrogens with zero attached hydrogens (tertiary/aromatic N) is 4. The minimum Gasteiger partial charge on any atom is -0.351 e. The Morgan fingerprint density at radius 2 is 2.17 bits per heavy atom. The molecule has 1 aliphatic rings. The van der Waals surface area contributed by atoms with Gasteiger partial charge in [-0.05, 0) is 30.6 Å². The molecule has 1 fully saturated rings. The molecule has 0 saturated carbocycles. The molecule has 1 saturated heterocycles. The van der Waals surface area contributed by atoms with Crippen LogP contribution in [0.15, 0.2) is 30.3 Å². The van der Waals surface area contributed by atoms with Crippen LogP contribution in [-0.4, -0.2) is 45.2 Å². The van der Waals surface area contributed by atoms with E-state index in [0.29, 0.717) is 11.7 Å². The second kappa shape index (κ2) is 8.03. The number of rotatable bonds is 4. The van der Waals surface area contributed by atoms with Crippen molar-refractivity contribution in [3.63, 3.8) is 0 Å². The molecular weight excluding hydrogens is 316 g/mol. The van der Waals surface area contributed by atoms with Gasteiger partial charge in [-0.25, -0.2) is 0 Å². The molecule has 1 amide bonds. The zero-order valence-corrected chi connectivity index (χ0v) is 13.8. The van der Waals surface area contributed by atoms with Gasteiger partial charge in [0.2, 0.25) is 11.7 Å². The molecule has 0 bridgehead atoms. The Morgan fingerprint density at radius 3 is 2.91 bits per heavy atom. The summed E-state index contributed by atoms with van der Waals surface area (Å²) in [4.78, 5) is 13.4. The molecule has 8 heteroatoms. The summed E-state index contributed by atoms with van der Waals surface area (Å²) in [6, 6.07) is 9.81. The number of carbonyl (C=O) groups excluding carboxylic acids is 1. The van der Waals surface area contributed by atoms with Crippen molar-refractivity contribution in [1.82, 2.24) is 30.8 Å². The number of carbonyl (C=O) groups is 1. The Balaban J connectivity index is 0.00000192. The van der Waals surface area contributed by atoms with Gasteiger partial charge >= 0.3 is 0 Å². The number of tetrazole rings is 1. The van der Waals surface area contributed by atoms with Crippen molar-refractivity contribution in [1.29, 1.82) is 0 Å². The van der Waals surface area contributed by atoms with E-state index in [0.717, 1.165) is 25.1 Å². The lowest BCUT2D eigenvalue weighted by Crippen LogP contribution is -2.49. The van der Waals surface area contributed by atoms with Crippen LogP contribution < -0.4 is 10.6 Å². The number of aromatic nitrogens is 4. The van der Waals surface area contributed by atoms with Crippen molar-refractivity contribution in [3.05, 3.63) is 30.3 Å². The lowest BCUT2D eigenvalue weighted by molar-refractivity contribution is -0.123. The van der Waals surface area contributed by atoms with Gasteiger partial charge in [0, 0.05) is 11.6 Å². The molecule has 3 rings (SSSR count). The average Bonchev–Trinajstić information content (AvgIpc) is 2.99. The fourth-order valence-electron chi connectivity index (χ4n) is 2.62. The van der Waals surface area contributed by atoms with E-state index in [4.69, 9.17) is 0 Å². The van der Waals surface area contributed by atoms with Crippen LogP contribution >= 0.6 is 12.4 Å². The summed E-state index contributed by atoms with van der Waals surface area (Å²) < 4.78 is 0. The van der Waals surface area contributed by atoms with Crippen molar-refractivity contribution < 1.29 is 4.79 Å². The molecule has 0 radical (unpaired) electrons. The van der Waals surface area contributed by atoms with Gasteiger partial charge in [-0.1, -0.05) is 37.3 Å². The smallest absolute Gasteiger partial charge is 0.243 e. The summed E-state index contributed by atoms with van der Waals surface area (Å²) in [7, 11) is 0. The zero-order valence-electron chi connectivity index (χ0n) is 13.0. The number of hydrogen-bond donors (Lipinski definition) is 2. The summed E-state index contributed by atoms with van der Waals surface area (Å²) in [5.74, 6) is 0.890. The predicted octanol–water partition coefficient (Wildman–Crippen LogP) is 0.876. The van der Waals surface area contributed by atoms with E-state index in [-0.39, 0.29) is 30.9 Å². The highest BCUT2D eigenvalue weighted by Gasteiger charge is 2.22. The van der Waals surface area contributed by atoms with Gasteiger partial charge in [0.15, 0.2) is 0 Å². The Kier molecular flexibility index (Phi) is 6.06. The molecule has 2 atom stereocenters. The van der Waals surface area contributed by atoms with E-state index in [1.54, 1.807) is 0 Å². The maximum Gasteiger partial charge on any atom is 0.243 e. The number of piperidine rings is 1. The first kappa shape index (κ1) is 17.4. The van der Waals surface area contributed by atoms with Gasteiger partial charge in [-0.2, -0.15) is 4.80 Å². The summed E-state index contributed by atoms with van der Waals surface area (Å²) >= 11 is 0. The second-order valence-corrected chi connectivity index (χ2v) is 5.65. The highest BCUT2D eigenvalue weighted by atomic mass is 35.5. The van der Waals surface area contributed by atoms with Crippen molar-refractivity contribution >= 4 is 18.3 Å². The molecule has 1 aromatic heterocycles. The van der Waals surface area contributed by atoms with Crippen LogP contribution in [0.3, 0.4) is 0 Å². The summed E-state index contributed by atoms with van der Waals surface area (Å²) in [6.45, 7) is 4.11. The van der Waals surface area contributed by atoms with Gasteiger partial charge in [-0.3, -0.25) is 4.79 Å². The molecular formula is C15H21ClN6O. The standard InChI is InChI=1S/C15H20N6O.ClH/c1-11-9-16-8-7-13(11)17-14(22)10-21-19-15(18-20-21)12-5-3-2-4-6-12;/h2-6,11,13,16H,7-10H2,1H3,(H,17,22);1H. The summed E-state index contributed by atoms with van der Waals surface area (Å²) in [6.07, 6.45) is 0.951. The average molecular weight is 337 g/mol. The lowest BCUT2D eigenvalue weighted by Gasteiger charge is -2.30. The van der Waals surface area contributed by atoms with Crippen molar-refractivity contribution in [2.24, 2.45) is 5.92 Å². The molecule has 23 heavy (non-hydrogen) atoms. The van der Waals surface area contributed by atoms with Gasteiger partial charge in [0.1, 0.15) is 6.54 Å². The quantitative estimate of drug-likeness (QED) is 0.865. The third kappa shape index (κ3) is 4.49. The van der Waals surface area contributed by atoms with Crippen molar-refractivity contribution in [3.8, 4) is 11.4 Å². The van der Waals surface area contributed by atoms with Gasteiger partial charge in [-0.15, -0.1) is 22.6 Å². The number of halogens is 1. The largest absolute Gasteiger partial charge is 0.351 e. The lowest BCUT2D eigenvalue weighted by atomic mass is 9.95. The Hall–Kier alpha value is -1.99. The first-order chi connectivity index (χ1) is 10.7. The molecule has 1 aromatic carbocycles. The molecule has 2 aromatic rings. The topological polar surface area (TPSA) is 84.7 Å². The fraction of sp³-hybridized carbons (Fsp3) is 0.467. The van der Waals surface area contributed by atoms with E-state index >= 15 is 0 Å². The van der Waals surface area contributed by atoms with Gasteiger partial charge in [0.25, 0.3) is 0 Å². The van der Waals surface area contributed by atoms with Gasteiger partial charge in [0.05, 0.1) is 0 Å². The molecule has 124 valence electrons. The van der Waals surface area contributed by atoms with Crippen LogP contribution in [0.25, 0.3) is 11.4 Å². The minimum absolute atomic E-state index is 0. The molecule has 1 aliphatic heterocycles. The van der Waals surface area contributed by atoms with Crippen LogP contribution in [0.1, 0.15) is 13.3 Å². The molecule has 2 N–H and O–H groups in total. The first-order valence-corrected chi connectivity index (χ1v) is 7.55. The first-order valence-electron chi connectivity index (χ1n) is 7.55. The number of benzene rings is 1. The Morgan fingerprint density at radius 1 is 1.39 bits per heavy atom. The third-order valence-corrected chi connectivity index (χ3v) is 3.90. The fourth-order valence-corrected chi connectivity index (χ4v) is 2.62. The molecule has 2 heterocycles. The van der Waals surface area contributed by atoms with E-state index in [1.807, 2.05) is 30.3 Å². The van der Waals surface area contributed by atoms with E-state index in [9.17, 15) is 4.79 Å². The van der Waals surface area contributed by atoms with Gasteiger partial charge < -0.3 is 10.6 Å². The molecule has 0 spiro atoms. The Bertz CT molecular complexity index is 632. The summed E-state index contributed by atoms with van der Waals surface area (Å²) in [5.41, 5.74) is 0.890. The number of nitrogens with one attached hydrogen (secondary N) is 2. The molecule has 2 unspecified atom stereocenters. The summed E-state index contributed by atoms with van der Waals surface area (Å²) in [5, 5.41) is 18.6. The maximum atomic E-state index is 12.1. The van der Waals surface area contributed by atoms with Crippen molar-refractivity contribution in [2.75, 3.05) is 13.1 Å². The number of amides is 1. The number of hydrogen-bond acceptors (Lipinski definition) is 5. The van der Waals surface area contributed by atoms with E-state index in [1.165, 1.54) is 4.80 Å². The minimum atomic E-state index is -0.0734. The molecule has 0 aliphatic carbocycles. The maximum absolute atomic E-state index is 12.1. The van der Waals surface area contributed by atoms with E-state index in [2.05, 4.69) is 33.0 Å². The van der Waals surface area contributed by atoms with Crippen molar-refractivity contribution in [2.45, 2.75) is 25.9 Å². The van der Waals surface area contributed by atoms with Crippen LogP contribution in [0.2, 0.25) is 0 Å². The van der Waals surface area contributed by atoms with Crippen LogP contribution in [0.5, 0.6) is 0 Å². The SMILES string of the molecule is CC1CNCCC1NC(=O)Cn1nnc(-c2ccccc2)n1.Cl. The zero-order chi connectivity index (χ0) is 15.4. The van der Waals surface area contributed by atoms with Crippen LogP contribution in [-0.2, 0) is 11.3 Å². The van der Waals surface area contributed by atoms with Crippen LogP contribution in [0.4, 0.5) is 0 Å². The predicted molar refractivity (Wildman–Crippen MR) is 89.1 cm³/mol. The second-order valence-electron chi connectivity index (χ2n) is 5.65. The third-order valence-electron chi connectivity index (χ3n) is 3.90.